The predicted molar refractivity (Wildman–Crippen MR) is 120 cm³/mol. The first-order valence-corrected chi connectivity index (χ1v) is 10.4. The van der Waals surface area contributed by atoms with E-state index in [4.69, 9.17) is 0 Å². The van der Waals surface area contributed by atoms with Crippen LogP contribution in [-0.2, 0) is 10.2 Å². The van der Waals surface area contributed by atoms with Gasteiger partial charge in [-0.15, -0.1) is 0 Å². The number of carbonyl (C=O) groups is 1. The van der Waals surface area contributed by atoms with E-state index in [1.807, 2.05) is 14.1 Å². The summed E-state index contributed by atoms with van der Waals surface area (Å²) in [5, 5.41) is 3.33. The summed E-state index contributed by atoms with van der Waals surface area (Å²) in [7, 11) is 4.07. The van der Waals surface area contributed by atoms with Crippen molar-refractivity contribution in [3.05, 3.63) is 64.1 Å². The first-order chi connectivity index (χ1) is 13.2. The summed E-state index contributed by atoms with van der Waals surface area (Å²) < 4.78 is 1.06. The average molecular weight is 440 g/mol. The van der Waals surface area contributed by atoms with Gasteiger partial charge in [0.25, 0.3) is 0 Å². The normalized spacial score (nSPS) is 22.8. The molecule has 0 saturated carbocycles. The van der Waals surface area contributed by atoms with Gasteiger partial charge in [0.1, 0.15) is 5.66 Å². The van der Waals surface area contributed by atoms with Crippen LogP contribution in [0.5, 0.6) is 0 Å². The highest BCUT2D eigenvalue weighted by atomic mass is 79.9. The molecule has 5 heteroatoms. The first-order valence-electron chi connectivity index (χ1n) is 9.60. The molecule has 2 aliphatic heterocycles. The molecule has 0 bridgehead atoms. The van der Waals surface area contributed by atoms with Crippen molar-refractivity contribution < 1.29 is 4.79 Å². The van der Waals surface area contributed by atoms with Gasteiger partial charge in [0.05, 0.1) is 0 Å². The molecule has 0 spiro atoms. The molecule has 1 unspecified atom stereocenters. The van der Waals surface area contributed by atoms with E-state index in [2.05, 4.69) is 99.5 Å². The second-order valence-electron chi connectivity index (χ2n) is 8.32. The van der Waals surface area contributed by atoms with Crippen LogP contribution < -0.4 is 15.1 Å². The van der Waals surface area contributed by atoms with Crippen molar-refractivity contribution in [3.8, 4) is 0 Å². The number of halogens is 1. The SMILES string of the molecule is CN(C)c1ccc(/C=C/C23NC(=O)CCN2c2ccc(Br)cc2C3(C)C)cc1. The summed E-state index contributed by atoms with van der Waals surface area (Å²) in [6.45, 7) is 5.14. The number of fused-ring (bicyclic) bond motifs is 3. The Kier molecular flexibility index (Phi) is 4.53. The van der Waals surface area contributed by atoms with E-state index in [1.54, 1.807) is 0 Å². The number of nitrogens with zero attached hydrogens (tertiary/aromatic N) is 2. The van der Waals surface area contributed by atoms with Crippen LogP contribution in [0, 0.1) is 0 Å². The van der Waals surface area contributed by atoms with E-state index in [-0.39, 0.29) is 11.3 Å². The highest BCUT2D eigenvalue weighted by Gasteiger charge is 2.57. The molecule has 1 amide bonds. The molecule has 1 N–H and O–H groups in total. The minimum atomic E-state index is -0.578. The van der Waals surface area contributed by atoms with Crippen LogP contribution in [0.4, 0.5) is 11.4 Å². The van der Waals surface area contributed by atoms with Crippen LogP contribution in [0.25, 0.3) is 6.08 Å². The van der Waals surface area contributed by atoms with Gasteiger partial charge in [0.2, 0.25) is 5.91 Å². The molecule has 1 saturated heterocycles. The van der Waals surface area contributed by atoms with E-state index in [0.717, 1.165) is 10.0 Å². The highest BCUT2D eigenvalue weighted by molar-refractivity contribution is 9.10. The summed E-state index contributed by atoms with van der Waals surface area (Å²) in [5.74, 6) is 0.101. The van der Waals surface area contributed by atoms with Crippen LogP contribution in [0.3, 0.4) is 0 Å². The third-order valence-corrected chi connectivity index (χ3v) is 6.61. The Morgan fingerprint density at radius 3 is 2.54 bits per heavy atom. The molecule has 0 aromatic heterocycles. The molecule has 4 nitrogen and oxygen atoms in total. The van der Waals surface area contributed by atoms with Gasteiger partial charge in [-0.25, -0.2) is 0 Å². The van der Waals surface area contributed by atoms with Gasteiger partial charge in [-0.3, -0.25) is 4.79 Å². The molecule has 0 radical (unpaired) electrons. The quantitative estimate of drug-likeness (QED) is 0.761. The lowest BCUT2D eigenvalue weighted by atomic mass is 9.74. The Labute approximate surface area is 175 Å². The fraction of sp³-hybridized carbons (Fsp3) is 0.348. The van der Waals surface area contributed by atoms with Crippen molar-refractivity contribution in [1.82, 2.24) is 5.32 Å². The molecule has 1 atom stereocenters. The number of carbonyl (C=O) groups excluding carboxylic acids is 1. The summed E-state index contributed by atoms with van der Waals surface area (Å²) in [4.78, 5) is 16.9. The van der Waals surface area contributed by atoms with Crippen molar-refractivity contribution in [1.29, 1.82) is 0 Å². The molecule has 28 heavy (non-hydrogen) atoms. The maximum Gasteiger partial charge on any atom is 0.223 e. The minimum absolute atomic E-state index is 0.101. The molecule has 146 valence electrons. The van der Waals surface area contributed by atoms with Gasteiger partial charge in [-0.2, -0.15) is 0 Å². The third-order valence-electron chi connectivity index (χ3n) is 6.12. The number of benzene rings is 2. The van der Waals surface area contributed by atoms with Crippen molar-refractivity contribution in [2.24, 2.45) is 0 Å². The van der Waals surface area contributed by atoms with Crippen LogP contribution in [0.1, 0.15) is 31.4 Å². The van der Waals surface area contributed by atoms with E-state index >= 15 is 0 Å². The molecule has 2 aromatic carbocycles. The molecule has 4 rings (SSSR count). The molecular weight excluding hydrogens is 414 g/mol. The number of amides is 1. The molecule has 2 aromatic rings. The number of rotatable bonds is 3. The van der Waals surface area contributed by atoms with Gasteiger partial charge in [0, 0.05) is 48.3 Å². The maximum atomic E-state index is 12.5. The minimum Gasteiger partial charge on any atom is -0.378 e. The fourth-order valence-corrected chi connectivity index (χ4v) is 4.79. The maximum absolute atomic E-state index is 12.5. The van der Waals surface area contributed by atoms with Crippen molar-refractivity contribution >= 4 is 39.3 Å². The van der Waals surface area contributed by atoms with Gasteiger partial charge in [-0.1, -0.05) is 48.0 Å². The second-order valence-corrected chi connectivity index (χ2v) is 9.24. The zero-order chi connectivity index (χ0) is 20.1. The van der Waals surface area contributed by atoms with Gasteiger partial charge >= 0.3 is 0 Å². The zero-order valence-electron chi connectivity index (χ0n) is 16.8. The largest absolute Gasteiger partial charge is 0.378 e. The number of hydrogen-bond acceptors (Lipinski definition) is 3. The van der Waals surface area contributed by atoms with Crippen molar-refractivity contribution in [3.63, 3.8) is 0 Å². The predicted octanol–water partition coefficient (Wildman–Crippen LogP) is 4.54. The van der Waals surface area contributed by atoms with Gasteiger partial charge < -0.3 is 15.1 Å². The molecule has 1 fully saturated rings. The Morgan fingerprint density at radius 1 is 1.14 bits per heavy atom. The second kappa shape index (κ2) is 6.66. The Hall–Kier alpha value is -2.27. The number of hydrogen-bond donors (Lipinski definition) is 1. The van der Waals surface area contributed by atoms with Gasteiger partial charge in [0.15, 0.2) is 0 Å². The molecule has 2 aliphatic rings. The average Bonchev–Trinajstić information content (AvgIpc) is 2.84. The monoisotopic (exact) mass is 439 g/mol. The lowest BCUT2D eigenvalue weighted by Crippen LogP contribution is -2.68. The van der Waals surface area contributed by atoms with Crippen molar-refractivity contribution in [2.45, 2.75) is 31.3 Å². The first kappa shape index (κ1) is 19.1. The van der Waals surface area contributed by atoms with Crippen molar-refractivity contribution in [2.75, 3.05) is 30.4 Å². The lowest BCUT2D eigenvalue weighted by Gasteiger charge is -2.49. The molecule has 0 aliphatic carbocycles. The topological polar surface area (TPSA) is 35.6 Å². The number of nitrogens with one attached hydrogen (secondary N) is 1. The Morgan fingerprint density at radius 2 is 1.86 bits per heavy atom. The molecule has 2 heterocycles. The summed E-state index contributed by atoms with van der Waals surface area (Å²) in [6, 6.07) is 14.9. The van der Waals surface area contributed by atoms with Crippen LogP contribution in [0.15, 0.2) is 53.0 Å². The third kappa shape index (κ3) is 2.84. The van der Waals surface area contributed by atoms with E-state index in [1.165, 1.54) is 16.9 Å². The van der Waals surface area contributed by atoms with Crippen LogP contribution >= 0.6 is 15.9 Å². The molecular formula is C23H26BrN3O. The van der Waals surface area contributed by atoms with Gasteiger partial charge in [-0.05, 0) is 47.5 Å². The van der Waals surface area contributed by atoms with Crippen LogP contribution in [-0.4, -0.2) is 32.2 Å². The van der Waals surface area contributed by atoms with E-state index < -0.39 is 5.66 Å². The van der Waals surface area contributed by atoms with Crippen LogP contribution in [0.2, 0.25) is 0 Å². The highest BCUT2D eigenvalue weighted by Crippen LogP contribution is 2.53. The summed E-state index contributed by atoms with van der Waals surface area (Å²) >= 11 is 3.61. The smallest absolute Gasteiger partial charge is 0.223 e. The Bertz CT molecular complexity index is 949. The number of anilines is 2. The summed E-state index contributed by atoms with van der Waals surface area (Å²) in [5.41, 5.74) is 3.88. The fourth-order valence-electron chi connectivity index (χ4n) is 4.43. The Balaban J connectivity index is 1.78. The lowest BCUT2D eigenvalue weighted by molar-refractivity contribution is -0.124. The van der Waals surface area contributed by atoms with E-state index in [9.17, 15) is 4.79 Å². The zero-order valence-corrected chi connectivity index (χ0v) is 18.4. The summed E-state index contributed by atoms with van der Waals surface area (Å²) in [6.07, 6.45) is 4.81. The van der Waals surface area contributed by atoms with E-state index in [0.29, 0.717) is 13.0 Å². The standard InChI is InChI=1S/C23H26BrN3O/c1-22(2)19-15-17(24)7-10-20(19)27-14-12-21(28)25-23(22,27)13-11-16-5-8-18(9-6-16)26(3)4/h5-11,13,15H,12,14H2,1-4H3,(H,25,28)/b13-11+.